The minimum atomic E-state index is -1.15. The van der Waals surface area contributed by atoms with Gasteiger partial charge in [0.15, 0.2) is 0 Å². The van der Waals surface area contributed by atoms with E-state index >= 15 is 0 Å². The zero-order valence-corrected chi connectivity index (χ0v) is 12.7. The highest BCUT2D eigenvalue weighted by atomic mass is 16.4. The van der Waals surface area contributed by atoms with Crippen LogP contribution in [0.2, 0.25) is 0 Å². The van der Waals surface area contributed by atoms with Crippen molar-refractivity contribution in [2.75, 3.05) is 7.05 Å². The number of imide groups is 1. The minimum Gasteiger partial charge on any atom is -0.480 e. The van der Waals surface area contributed by atoms with Crippen LogP contribution < -0.4 is 5.32 Å². The molecule has 1 atom stereocenters. The number of aliphatic carboxylic acids is 1. The molecule has 0 fully saturated rings. The van der Waals surface area contributed by atoms with Crippen LogP contribution in [-0.2, 0) is 4.79 Å². The number of nitrogens with zero attached hydrogens (tertiary/aromatic N) is 1. The maximum absolute atomic E-state index is 12.2. The van der Waals surface area contributed by atoms with Crippen LogP contribution in [0.25, 0.3) is 0 Å². The van der Waals surface area contributed by atoms with E-state index in [9.17, 15) is 19.2 Å². The first-order valence-corrected chi connectivity index (χ1v) is 6.98. The number of benzene rings is 1. The van der Waals surface area contributed by atoms with Crippen molar-refractivity contribution >= 4 is 23.7 Å². The predicted octanol–water partition coefficient (Wildman–Crippen LogP) is 1.06. The second-order valence-electron chi connectivity index (χ2n) is 5.10. The Bertz CT molecular complexity index is 723. The fourth-order valence-corrected chi connectivity index (χ4v) is 2.24. The van der Waals surface area contributed by atoms with Crippen molar-refractivity contribution in [3.05, 3.63) is 47.0 Å². The molecule has 0 bridgehead atoms. The van der Waals surface area contributed by atoms with Gasteiger partial charge in [-0.25, -0.2) is 4.79 Å². The second kappa shape index (κ2) is 6.43. The van der Waals surface area contributed by atoms with Crippen molar-refractivity contribution < 1.29 is 24.3 Å². The average molecular weight is 316 g/mol. The number of hydrogen-bond acceptors (Lipinski definition) is 4. The highest BCUT2D eigenvalue weighted by molar-refractivity contribution is 6.21. The van der Waals surface area contributed by atoms with Gasteiger partial charge in [-0.2, -0.15) is 0 Å². The molecule has 1 unspecified atom stereocenters. The van der Waals surface area contributed by atoms with E-state index in [0.29, 0.717) is 0 Å². The summed E-state index contributed by atoms with van der Waals surface area (Å²) in [6.45, 7) is 1.75. The molecule has 3 amide bonds. The molecule has 0 saturated carbocycles. The quantitative estimate of drug-likeness (QED) is 0.624. The number of fused-ring (bicyclic) bond motifs is 1. The Morgan fingerprint density at radius 2 is 1.91 bits per heavy atom. The van der Waals surface area contributed by atoms with Gasteiger partial charge in [0.25, 0.3) is 17.7 Å². The number of carbonyl (C=O) groups excluding carboxylic acids is 3. The number of hydrogen-bond donors (Lipinski definition) is 2. The van der Waals surface area contributed by atoms with E-state index in [1.54, 1.807) is 19.1 Å². The second-order valence-corrected chi connectivity index (χ2v) is 5.10. The number of carbonyl (C=O) groups is 4. The molecule has 2 rings (SSSR count). The smallest absolute Gasteiger partial charge is 0.326 e. The van der Waals surface area contributed by atoms with E-state index in [-0.39, 0.29) is 23.1 Å². The molecule has 1 aromatic carbocycles. The third-order valence-electron chi connectivity index (χ3n) is 3.56. The summed E-state index contributed by atoms with van der Waals surface area (Å²) in [7, 11) is 1.36. The first-order chi connectivity index (χ1) is 10.9. The number of rotatable bonds is 5. The molecule has 7 heteroatoms. The maximum Gasteiger partial charge on any atom is 0.326 e. The summed E-state index contributed by atoms with van der Waals surface area (Å²) in [6, 6.07) is 3.04. The highest BCUT2D eigenvalue weighted by Gasteiger charge is 2.33. The summed E-state index contributed by atoms with van der Waals surface area (Å²) in [6.07, 6.45) is 3.49. The zero-order chi connectivity index (χ0) is 17.1. The van der Waals surface area contributed by atoms with Gasteiger partial charge in [-0.1, -0.05) is 12.2 Å². The van der Waals surface area contributed by atoms with Gasteiger partial charge in [0.1, 0.15) is 6.04 Å². The molecule has 0 radical (unpaired) electrons. The molecule has 120 valence electrons. The maximum atomic E-state index is 12.2. The molecule has 0 spiro atoms. The molecule has 0 aliphatic carbocycles. The van der Waals surface area contributed by atoms with Gasteiger partial charge in [0.2, 0.25) is 0 Å². The molecule has 1 aromatic rings. The molecule has 2 N–H and O–H groups in total. The van der Waals surface area contributed by atoms with Crippen LogP contribution in [0.15, 0.2) is 30.4 Å². The topological polar surface area (TPSA) is 104 Å². The van der Waals surface area contributed by atoms with Crippen molar-refractivity contribution in [3.8, 4) is 0 Å². The molecule has 1 aliphatic rings. The van der Waals surface area contributed by atoms with Crippen molar-refractivity contribution in [1.29, 1.82) is 0 Å². The fraction of sp³-hybridized carbons (Fsp3) is 0.250. The lowest BCUT2D eigenvalue weighted by molar-refractivity contribution is -0.139. The van der Waals surface area contributed by atoms with Gasteiger partial charge in [-0.05, 0) is 31.5 Å². The van der Waals surface area contributed by atoms with Crippen LogP contribution in [-0.4, -0.2) is 46.8 Å². The normalized spacial score (nSPS) is 15.0. The van der Waals surface area contributed by atoms with Crippen molar-refractivity contribution in [1.82, 2.24) is 10.2 Å². The summed E-state index contributed by atoms with van der Waals surface area (Å²) < 4.78 is 0. The molecular formula is C16H16N2O5. The zero-order valence-electron chi connectivity index (χ0n) is 12.7. The number of carboxylic acid groups (broad SMARTS) is 1. The summed E-state index contributed by atoms with van der Waals surface area (Å²) in [5.41, 5.74) is 0.509. The monoisotopic (exact) mass is 316 g/mol. The van der Waals surface area contributed by atoms with Gasteiger partial charge in [-0.3, -0.25) is 19.3 Å². The number of allylic oxidation sites excluding steroid dienone is 1. The lowest BCUT2D eigenvalue weighted by Crippen LogP contribution is -2.40. The lowest BCUT2D eigenvalue weighted by atomic mass is 10.0. The Balaban J connectivity index is 2.23. The average Bonchev–Trinajstić information content (AvgIpc) is 2.75. The Morgan fingerprint density at radius 3 is 2.52 bits per heavy atom. The summed E-state index contributed by atoms with van der Waals surface area (Å²) in [4.78, 5) is 48.0. The first-order valence-electron chi connectivity index (χ1n) is 6.98. The van der Waals surface area contributed by atoms with Crippen LogP contribution in [0, 0.1) is 0 Å². The van der Waals surface area contributed by atoms with Crippen molar-refractivity contribution in [2.24, 2.45) is 0 Å². The molecule has 0 saturated heterocycles. The van der Waals surface area contributed by atoms with E-state index in [0.717, 1.165) is 4.90 Å². The summed E-state index contributed by atoms with van der Waals surface area (Å²) in [5, 5.41) is 11.5. The Hall–Kier alpha value is -2.96. The van der Waals surface area contributed by atoms with Gasteiger partial charge < -0.3 is 10.4 Å². The molecule has 7 nitrogen and oxygen atoms in total. The molecule has 1 aliphatic heterocycles. The van der Waals surface area contributed by atoms with Crippen molar-refractivity contribution in [3.63, 3.8) is 0 Å². The van der Waals surface area contributed by atoms with Gasteiger partial charge in [0.05, 0.1) is 11.1 Å². The van der Waals surface area contributed by atoms with E-state index in [4.69, 9.17) is 5.11 Å². The molecular weight excluding hydrogens is 300 g/mol. The van der Waals surface area contributed by atoms with Crippen molar-refractivity contribution in [2.45, 2.75) is 19.4 Å². The minimum absolute atomic E-state index is 0.131. The first kappa shape index (κ1) is 16.4. The van der Waals surface area contributed by atoms with Gasteiger partial charge >= 0.3 is 5.97 Å². The predicted molar refractivity (Wildman–Crippen MR) is 81.2 cm³/mol. The fourth-order valence-electron chi connectivity index (χ4n) is 2.24. The summed E-state index contributed by atoms with van der Waals surface area (Å²) in [5.74, 6) is -2.67. The van der Waals surface area contributed by atoms with Crippen LogP contribution in [0.5, 0.6) is 0 Å². The van der Waals surface area contributed by atoms with E-state index < -0.39 is 29.7 Å². The van der Waals surface area contributed by atoms with Gasteiger partial charge in [0, 0.05) is 12.6 Å². The van der Waals surface area contributed by atoms with E-state index in [1.807, 2.05) is 0 Å². The number of amides is 3. The molecule has 0 aromatic heterocycles. The SMILES string of the molecule is C/C=C/CC(NC(=O)c1ccc2c(c1)C(=O)N(C)C2=O)C(=O)O. The van der Waals surface area contributed by atoms with Gasteiger partial charge in [-0.15, -0.1) is 0 Å². The van der Waals surface area contributed by atoms with Crippen LogP contribution in [0.1, 0.15) is 44.4 Å². The third kappa shape index (κ3) is 3.13. The number of carboxylic acids is 1. The Labute approximate surface area is 132 Å². The molecule has 23 heavy (non-hydrogen) atoms. The van der Waals surface area contributed by atoms with Crippen LogP contribution in [0.3, 0.4) is 0 Å². The molecule has 1 heterocycles. The van der Waals surface area contributed by atoms with Crippen LogP contribution >= 0.6 is 0 Å². The van der Waals surface area contributed by atoms with E-state index in [1.165, 1.54) is 25.2 Å². The largest absolute Gasteiger partial charge is 0.480 e. The number of nitrogens with one attached hydrogen (secondary N) is 1. The van der Waals surface area contributed by atoms with Crippen LogP contribution in [0.4, 0.5) is 0 Å². The third-order valence-corrected chi connectivity index (χ3v) is 3.56. The lowest BCUT2D eigenvalue weighted by Gasteiger charge is -2.13. The Morgan fingerprint density at radius 1 is 1.26 bits per heavy atom. The van der Waals surface area contributed by atoms with E-state index in [2.05, 4.69) is 5.32 Å². The summed E-state index contributed by atoms with van der Waals surface area (Å²) >= 11 is 0. The highest BCUT2D eigenvalue weighted by Crippen LogP contribution is 2.22. The Kier molecular flexibility index (Phi) is 4.59. The standard InChI is InChI=1S/C16H16N2O5/c1-3-4-5-12(16(22)23)17-13(19)9-6-7-10-11(8-9)15(21)18(2)14(10)20/h3-4,6-8,12H,5H2,1-2H3,(H,17,19)(H,22,23)/b4-3+.